The Balaban J connectivity index is 0.00000102. The van der Waals surface area contributed by atoms with Crippen molar-refractivity contribution in [1.29, 1.82) is 0 Å². The highest BCUT2D eigenvalue weighted by atomic mass is 19.4. The molecule has 2 heterocycles. The van der Waals surface area contributed by atoms with Gasteiger partial charge in [-0.3, -0.25) is 5.10 Å². The van der Waals surface area contributed by atoms with E-state index in [-0.39, 0.29) is 5.46 Å². The van der Waals surface area contributed by atoms with Crippen LogP contribution in [0.15, 0.2) is 6.20 Å². The van der Waals surface area contributed by atoms with Crippen molar-refractivity contribution < 1.29 is 22.5 Å². The molecule has 0 radical (unpaired) electrons. The van der Waals surface area contributed by atoms with E-state index in [0.717, 1.165) is 6.20 Å². The average Bonchev–Trinajstić information content (AvgIpc) is 2.97. The number of halogens is 3. The van der Waals surface area contributed by atoms with Gasteiger partial charge in [0.2, 0.25) is 0 Å². The zero-order valence-corrected chi connectivity index (χ0v) is 14.6. The number of nitrogens with zero attached hydrogens (tertiary/aromatic N) is 1. The van der Waals surface area contributed by atoms with Crippen LogP contribution < -0.4 is 5.46 Å². The van der Waals surface area contributed by atoms with Crippen molar-refractivity contribution in [2.75, 3.05) is 0 Å². The van der Waals surface area contributed by atoms with Crippen molar-refractivity contribution in [3.63, 3.8) is 0 Å². The second-order valence-corrected chi connectivity index (χ2v) is 5.29. The van der Waals surface area contributed by atoms with Crippen molar-refractivity contribution in [2.45, 2.75) is 72.8 Å². The Hall–Kier alpha value is -1.02. The molecule has 1 aliphatic rings. The van der Waals surface area contributed by atoms with Gasteiger partial charge in [-0.1, -0.05) is 27.7 Å². The van der Waals surface area contributed by atoms with Gasteiger partial charge in [0, 0.05) is 11.7 Å². The van der Waals surface area contributed by atoms with E-state index in [2.05, 4.69) is 5.10 Å². The van der Waals surface area contributed by atoms with Crippen molar-refractivity contribution in [1.82, 2.24) is 10.2 Å². The molecular formula is C14H26BF3N2O2. The van der Waals surface area contributed by atoms with Crippen molar-refractivity contribution in [2.24, 2.45) is 0 Å². The second kappa shape index (κ2) is 7.50. The zero-order valence-electron chi connectivity index (χ0n) is 14.6. The Morgan fingerprint density at radius 1 is 1.00 bits per heavy atom. The highest BCUT2D eigenvalue weighted by Crippen LogP contribution is 2.37. The standard InChI is InChI=1S/C10H14BF3N2O2.2C2H6/c1-8(2)9(3,4)18-11(17-8)6-5-15-16-7(6)10(12,13)14;2*1-2/h5H,1-4H3,(H,15,16);2*1-2H3. The first-order valence-electron chi connectivity index (χ1n) is 7.51. The minimum Gasteiger partial charge on any atom is -0.399 e. The predicted octanol–water partition coefficient (Wildman–Crippen LogP) is 3.78. The molecule has 22 heavy (non-hydrogen) atoms. The van der Waals surface area contributed by atoms with Gasteiger partial charge in [0.05, 0.1) is 11.2 Å². The first kappa shape index (κ1) is 21.0. The van der Waals surface area contributed by atoms with Gasteiger partial charge in [-0.15, -0.1) is 0 Å². The first-order valence-corrected chi connectivity index (χ1v) is 7.51. The summed E-state index contributed by atoms with van der Waals surface area (Å²) in [5, 5.41) is 5.37. The lowest BCUT2D eigenvalue weighted by Crippen LogP contribution is -2.41. The van der Waals surface area contributed by atoms with Crippen LogP contribution in [0.25, 0.3) is 0 Å². The number of aromatic amines is 1. The molecule has 1 fully saturated rings. The fourth-order valence-corrected chi connectivity index (χ4v) is 1.67. The molecule has 2 rings (SSSR count). The summed E-state index contributed by atoms with van der Waals surface area (Å²) >= 11 is 0. The molecule has 128 valence electrons. The number of aromatic nitrogens is 2. The van der Waals surface area contributed by atoms with E-state index < -0.39 is 30.2 Å². The molecule has 1 aliphatic heterocycles. The van der Waals surface area contributed by atoms with Gasteiger partial charge >= 0.3 is 13.3 Å². The molecule has 4 nitrogen and oxygen atoms in total. The summed E-state index contributed by atoms with van der Waals surface area (Å²) in [5.74, 6) is 0. The lowest BCUT2D eigenvalue weighted by atomic mass is 9.79. The summed E-state index contributed by atoms with van der Waals surface area (Å²) in [6.07, 6.45) is -3.42. The van der Waals surface area contributed by atoms with E-state index >= 15 is 0 Å². The molecule has 0 bridgehead atoms. The number of hydrogen-bond donors (Lipinski definition) is 1. The normalized spacial score (nSPS) is 19.0. The largest absolute Gasteiger partial charge is 0.498 e. The van der Waals surface area contributed by atoms with Crippen molar-refractivity contribution >= 4 is 12.6 Å². The zero-order chi connectivity index (χ0) is 17.8. The second-order valence-electron chi connectivity index (χ2n) is 5.29. The van der Waals surface area contributed by atoms with Crippen LogP contribution in [0, 0.1) is 0 Å². The fourth-order valence-electron chi connectivity index (χ4n) is 1.67. The topological polar surface area (TPSA) is 47.1 Å². The summed E-state index contributed by atoms with van der Waals surface area (Å²) in [5.41, 5.74) is -2.42. The molecule has 0 atom stereocenters. The van der Waals surface area contributed by atoms with Crippen LogP contribution in [-0.2, 0) is 15.5 Å². The van der Waals surface area contributed by atoms with Crippen molar-refractivity contribution in [3.8, 4) is 0 Å². The Bertz CT molecular complexity index is 443. The third-order valence-corrected chi connectivity index (χ3v) is 3.46. The Morgan fingerprint density at radius 3 is 1.77 bits per heavy atom. The maximum atomic E-state index is 12.7. The van der Waals surface area contributed by atoms with Gasteiger partial charge in [-0.2, -0.15) is 18.3 Å². The Morgan fingerprint density at radius 2 is 1.41 bits per heavy atom. The van der Waals surface area contributed by atoms with Crippen LogP contribution in [0.1, 0.15) is 61.1 Å². The summed E-state index contributed by atoms with van der Waals surface area (Å²) < 4.78 is 49.3. The van der Waals surface area contributed by atoms with Gasteiger partial charge in [-0.05, 0) is 27.7 Å². The van der Waals surface area contributed by atoms with Crippen LogP contribution in [0.2, 0.25) is 0 Å². The molecular weight excluding hydrogens is 296 g/mol. The molecule has 0 amide bonds. The summed E-state index contributed by atoms with van der Waals surface area (Å²) in [7, 11) is -1.06. The molecule has 1 saturated heterocycles. The van der Waals surface area contributed by atoms with E-state index in [1.165, 1.54) is 0 Å². The molecule has 0 aromatic carbocycles. The molecule has 1 aromatic heterocycles. The lowest BCUT2D eigenvalue weighted by Gasteiger charge is -2.32. The lowest BCUT2D eigenvalue weighted by molar-refractivity contribution is -0.140. The predicted molar refractivity (Wildman–Crippen MR) is 82.0 cm³/mol. The van der Waals surface area contributed by atoms with Gasteiger partial charge in [0.1, 0.15) is 5.69 Å². The molecule has 0 saturated carbocycles. The monoisotopic (exact) mass is 322 g/mol. The number of nitrogens with one attached hydrogen (secondary N) is 1. The van der Waals surface area contributed by atoms with Crippen LogP contribution in [0.3, 0.4) is 0 Å². The first-order chi connectivity index (χ1) is 10.0. The SMILES string of the molecule is CC.CC.CC1(C)OB(c2cn[nH]c2C(F)(F)F)OC1(C)C. The minimum absolute atomic E-state index is 0.124. The minimum atomic E-state index is -4.50. The average molecular weight is 322 g/mol. The highest BCUT2D eigenvalue weighted by molar-refractivity contribution is 6.62. The Labute approximate surface area is 130 Å². The smallest absolute Gasteiger partial charge is 0.399 e. The van der Waals surface area contributed by atoms with Crippen LogP contribution in [-0.4, -0.2) is 28.5 Å². The van der Waals surface area contributed by atoms with Crippen LogP contribution in [0.4, 0.5) is 13.2 Å². The number of alkyl halides is 3. The molecule has 0 aliphatic carbocycles. The van der Waals surface area contributed by atoms with E-state index in [9.17, 15) is 13.2 Å². The third-order valence-electron chi connectivity index (χ3n) is 3.46. The maximum Gasteiger partial charge on any atom is 0.498 e. The number of rotatable bonds is 1. The van der Waals surface area contributed by atoms with Crippen LogP contribution >= 0.6 is 0 Å². The fraction of sp³-hybridized carbons (Fsp3) is 0.786. The summed E-state index contributed by atoms with van der Waals surface area (Å²) in [6.45, 7) is 15.1. The summed E-state index contributed by atoms with van der Waals surface area (Å²) in [4.78, 5) is 0. The molecule has 1 N–H and O–H groups in total. The molecule has 0 unspecified atom stereocenters. The van der Waals surface area contributed by atoms with Gasteiger partial charge < -0.3 is 9.31 Å². The maximum absolute atomic E-state index is 12.7. The van der Waals surface area contributed by atoms with E-state index in [1.54, 1.807) is 27.7 Å². The molecule has 8 heteroatoms. The van der Waals surface area contributed by atoms with Gasteiger partial charge in [0.15, 0.2) is 0 Å². The molecule has 1 aromatic rings. The van der Waals surface area contributed by atoms with Crippen molar-refractivity contribution in [3.05, 3.63) is 11.9 Å². The quantitative estimate of drug-likeness (QED) is 0.801. The molecule has 0 spiro atoms. The Kier molecular flexibility index (Phi) is 7.16. The van der Waals surface area contributed by atoms with E-state index in [0.29, 0.717) is 0 Å². The van der Waals surface area contributed by atoms with Gasteiger partial charge in [-0.25, -0.2) is 0 Å². The van der Waals surface area contributed by atoms with E-state index in [1.807, 2.05) is 32.8 Å². The number of hydrogen-bond acceptors (Lipinski definition) is 3. The highest BCUT2D eigenvalue weighted by Gasteiger charge is 2.54. The van der Waals surface area contributed by atoms with Gasteiger partial charge in [0.25, 0.3) is 0 Å². The summed E-state index contributed by atoms with van der Waals surface area (Å²) in [6, 6.07) is 0. The van der Waals surface area contributed by atoms with E-state index in [4.69, 9.17) is 9.31 Å². The third kappa shape index (κ3) is 4.26. The van der Waals surface area contributed by atoms with Crippen LogP contribution in [0.5, 0.6) is 0 Å². The number of H-pyrrole nitrogens is 1.